The number of likely N-dealkylation sites (tertiary alicyclic amines) is 1. The van der Waals surface area contributed by atoms with E-state index in [0.717, 1.165) is 30.5 Å². The van der Waals surface area contributed by atoms with Crippen molar-refractivity contribution < 1.29 is 4.79 Å². The molecule has 0 spiro atoms. The van der Waals surface area contributed by atoms with E-state index < -0.39 is 5.56 Å². The van der Waals surface area contributed by atoms with Crippen LogP contribution in [-0.4, -0.2) is 32.5 Å². The average molecular weight is 321 g/mol. The molecule has 1 fully saturated rings. The van der Waals surface area contributed by atoms with Crippen molar-refractivity contribution in [3.8, 4) is 0 Å². The molecule has 0 aromatic carbocycles. The van der Waals surface area contributed by atoms with E-state index in [4.69, 9.17) is 11.6 Å². The van der Waals surface area contributed by atoms with Gasteiger partial charge < -0.3 is 9.88 Å². The van der Waals surface area contributed by atoms with Gasteiger partial charge >= 0.3 is 0 Å². The van der Waals surface area contributed by atoms with Crippen molar-refractivity contribution in [1.29, 1.82) is 0 Å². The van der Waals surface area contributed by atoms with Crippen molar-refractivity contribution >= 4 is 17.5 Å². The molecule has 0 aliphatic carbocycles. The van der Waals surface area contributed by atoms with E-state index in [2.05, 4.69) is 15.2 Å². The average Bonchev–Trinajstić information content (AvgIpc) is 2.95. The van der Waals surface area contributed by atoms with Crippen molar-refractivity contribution in [2.75, 3.05) is 6.54 Å². The van der Waals surface area contributed by atoms with Gasteiger partial charge in [-0.3, -0.25) is 14.7 Å². The Hall–Kier alpha value is -2.08. The minimum absolute atomic E-state index is 0.0190. The van der Waals surface area contributed by atoms with Crippen LogP contribution in [-0.2, 0) is 0 Å². The van der Waals surface area contributed by atoms with Crippen LogP contribution in [0.25, 0.3) is 0 Å². The van der Waals surface area contributed by atoms with E-state index in [0.29, 0.717) is 12.1 Å². The highest BCUT2D eigenvalue weighted by Gasteiger charge is 2.30. The molecule has 3 rings (SSSR count). The van der Waals surface area contributed by atoms with Crippen molar-refractivity contribution in [2.24, 2.45) is 0 Å². The Morgan fingerprint density at radius 2 is 2.27 bits per heavy atom. The van der Waals surface area contributed by atoms with E-state index in [1.807, 2.05) is 11.8 Å². The molecule has 1 unspecified atom stereocenters. The summed E-state index contributed by atoms with van der Waals surface area (Å²) in [4.78, 5) is 28.5. The number of hydrogen-bond donors (Lipinski definition) is 2. The van der Waals surface area contributed by atoms with Crippen LogP contribution in [0.2, 0.25) is 5.02 Å². The van der Waals surface area contributed by atoms with Crippen LogP contribution in [0.3, 0.4) is 0 Å². The lowest BCUT2D eigenvalue weighted by Crippen LogP contribution is -2.39. The number of aromatic nitrogens is 3. The quantitative estimate of drug-likeness (QED) is 0.891. The fourth-order valence-electron chi connectivity index (χ4n) is 2.91. The zero-order valence-corrected chi connectivity index (χ0v) is 13.0. The third-order valence-corrected chi connectivity index (χ3v) is 4.35. The number of pyridine rings is 1. The third-order valence-electron chi connectivity index (χ3n) is 4.07. The van der Waals surface area contributed by atoms with Crippen LogP contribution in [0.4, 0.5) is 0 Å². The molecule has 22 heavy (non-hydrogen) atoms. The van der Waals surface area contributed by atoms with Crippen LogP contribution < -0.4 is 5.56 Å². The second kappa shape index (κ2) is 5.96. The van der Waals surface area contributed by atoms with Gasteiger partial charge in [-0.25, -0.2) is 0 Å². The summed E-state index contributed by atoms with van der Waals surface area (Å²) < 4.78 is 0. The summed E-state index contributed by atoms with van der Waals surface area (Å²) in [6, 6.07) is 1.41. The van der Waals surface area contributed by atoms with Gasteiger partial charge in [-0.1, -0.05) is 11.6 Å². The van der Waals surface area contributed by atoms with E-state index in [-0.39, 0.29) is 17.0 Å². The molecule has 1 aliphatic heterocycles. The smallest absolute Gasteiger partial charge is 0.266 e. The molecule has 1 amide bonds. The molecule has 2 N–H and O–H groups in total. The van der Waals surface area contributed by atoms with Gasteiger partial charge in [0, 0.05) is 12.7 Å². The summed E-state index contributed by atoms with van der Waals surface area (Å²) in [5, 5.41) is 7.09. The van der Waals surface area contributed by atoms with E-state index in [1.54, 1.807) is 6.20 Å². The van der Waals surface area contributed by atoms with Crippen molar-refractivity contribution in [1.82, 2.24) is 20.1 Å². The Balaban J connectivity index is 1.93. The maximum Gasteiger partial charge on any atom is 0.266 e. The van der Waals surface area contributed by atoms with Crippen molar-refractivity contribution in [2.45, 2.75) is 32.2 Å². The fourth-order valence-corrected chi connectivity index (χ4v) is 3.09. The summed E-state index contributed by atoms with van der Waals surface area (Å²) in [6.45, 7) is 2.66. The maximum atomic E-state index is 12.8. The predicted octanol–water partition coefficient (Wildman–Crippen LogP) is 2.43. The number of amides is 1. The summed E-state index contributed by atoms with van der Waals surface area (Å²) >= 11 is 5.83. The molecule has 1 aliphatic rings. The van der Waals surface area contributed by atoms with Crippen LogP contribution >= 0.6 is 11.6 Å². The highest BCUT2D eigenvalue weighted by molar-refractivity contribution is 6.30. The number of carbonyl (C=O) groups is 1. The van der Waals surface area contributed by atoms with Gasteiger partial charge in [0.15, 0.2) is 0 Å². The van der Waals surface area contributed by atoms with Gasteiger partial charge in [0.1, 0.15) is 5.02 Å². The van der Waals surface area contributed by atoms with Gasteiger partial charge in [-0.15, -0.1) is 0 Å². The Labute approximate surface area is 132 Å². The monoisotopic (exact) mass is 320 g/mol. The highest BCUT2D eigenvalue weighted by Crippen LogP contribution is 2.32. The number of H-pyrrole nitrogens is 2. The van der Waals surface area contributed by atoms with Gasteiger partial charge in [0.25, 0.3) is 11.5 Å². The lowest BCUT2D eigenvalue weighted by molar-refractivity contribution is 0.0605. The van der Waals surface area contributed by atoms with E-state index >= 15 is 0 Å². The molecular formula is C15H17ClN4O2. The Kier molecular flexibility index (Phi) is 4.02. The van der Waals surface area contributed by atoms with E-state index in [1.165, 1.54) is 12.3 Å². The molecule has 2 aromatic heterocycles. The van der Waals surface area contributed by atoms with Crippen molar-refractivity contribution in [3.05, 3.63) is 50.7 Å². The lowest BCUT2D eigenvalue weighted by Gasteiger charge is -2.35. The summed E-state index contributed by atoms with van der Waals surface area (Å²) in [5.41, 5.74) is 2.03. The van der Waals surface area contributed by atoms with Crippen LogP contribution in [0.1, 0.15) is 46.9 Å². The number of carbonyl (C=O) groups excluding carboxylic acids is 1. The molecule has 3 heterocycles. The SMILES string of the molecule is Cc1cn[nH]c1C1CCCCN1C(=O)c1c[nH]c(=O)c(Cl)c1. The fraction of sp³-hybridized carbons (Fsp3) is 0.400. The van der Waals surface area contributed by atoms with Gasteiger partial charge in [0.2, 0.25) is 0 Å². The summed E-state index contributed by atoms with van der Waals surface area (Å²) in [6.07, 6.45) is 6.11. The molecular weight excluding hydrogens is 304 g/mol. The summed E-state index contributed by atoms with van der Waals surface area (Å²) in [7, 11) is 0. The molecule has 6 nitrogen and oxygen atoms in total. The van der Waals surface area contributed by atoms with E-state index in [9.17, 15) is 9.59 Å². The minimum Gasteiger partial charge on any atom is -0.330 e. The highest BCUT2D eigenvalue weighted by atomic mass is 35.5. The number of piperidine rings is 1. The number of hydrogen-bond acceptors (Lipinski definition) is 3. The molecule has 116 valence electrons. The zero-order valence-electron chi connectivity index (χ0n) is 12.2. The second-order valence-corrected chi connectivity index (χ2v) is 5.95. The minimum atomic E-state index is -0.391. The van der Waals surface area contributed by atoms with Crippen LogP contribution in [0, 0.1) is 6.92 Å². The third kappa shape index (κ3) is 2.66. The van der Waals surface area contributed by atoms with Gasteiger partial charge in [-0.05, 0) is 37.8 Å². The zero-order chi connectivity index (χ0) is 15.7. The summed E-state index contributed by atoms with van der Waals surface area (Å²) in [5.74, 6) is -0.128. The number of halogens is 1. The Bertz CT molecular complexity index is 752. The normalized spacial score (nSPS) is 18.5. The first-order valence-corrected chi connectivity index (χ1v) is 7.65. The second-order valence-electron chi connectivity index (χ2n) is 5.54. The first kappa shape index (κ1) is 14.8. The predicted molar refractivity (Wildman–Crippen MR) is 83.0 cm³/mol. The largest absolute Gasteiger partial charge is 0.330 e. The number of nitrogens with one attached hydrogen (secondary N) is 2. The maximum absolute atomic E-state index is 12.8. The van der Waals surface area contributed by atoms with Crippen LogP contribution in [0.15, 0.2) is 23.3 Å². The van der Waals surface area contributed by atoms with Crippen LogP contribution in [0.5, 0.6) is 0 Å². The number of aromatic amines is 2. The molecule has 7 heteroatoms. The molecule has 1 atom stereocenters. The molecule has 0 radical (unpaired) electrons. The number of rotatable bonds is 2. The van der Waals surface area contributed by atoms with Gasteiger partial charge in [-0.2, -0.15) is 5.10 Å². The number of nitrogens with zero attached hydrogens (tertiary/aromatic N) is 2. The first-order chi connectivity index (χ1) is 10.6. The number of aryl methyl sites for hydroxylation is 1. The lowest BCUT2D eigenvalue weighted by atomic mass is 9.96. The molecule has 1 saturated heterocycles. The standard InChI is InChI=1S/C15H17ClN4O2/c1-9-7-18-19-13(9)12-4-2-3-5-20(12)15(22)10-6-11(16)14(21)17-8-10/h6-8,12H,2-5H2,1H3,(H,17,21)(H,18,19). The molecule has 0 saturated carbocycles. The topological polar surface area (TPSA) is 81.8 Å². The molecule has 2 aromatic rings. The Morgan fingerprint density at radius 3 is 2.95 bits per heavy atom. The Morgan fingerprint density at radius 1 is 1.45 bits per heavy atom. The van der Waals surface area contributed by atoms with Crippen molar-refractivity contribution in [3.63, 3.8) is 0 Å². The van der Waals surface area contributed by atoms with Gasteiger partial charge in [0.05, 0.1) is 23.5 Å². The first-order valence-electron chi connectivity index (χ1n) is 7.27. The molecule has 0 bridgehead atoms.